The molecule has 1 aromatic heterocycles. The monoisotopic (exact) mass is 405 g/mol. The average Bonchev–Trinajstić information content (AvgIpc) is 2.86. The summed E-state index contributed by atoms with van der Waals surface area (Å²) in [7, 11) is -4.16. The van der Waals surface area contributed by atoms with Gasteiger partial charge in [0.15, 0.2) is 5.03 Å². The predicted molar refractivity (Wildman–Crippen MR) is 98.9 cm³/mol. The Labute approximate surface area is 158 Å². The molecule has 0 spiro atoms. The summed E-state index contributed by atoms with van der Waals surface area (Å²) in [6.45, 7) is 7.57. The molecule has 0 aliphatic rings. The van der Waals surface area contributed by atoms with E-state index in [0.717, 1.165) is 0 Å². The molecule has 2 aromatic rings. The maximum atomic E-state index is 13.0. The number of aromatic nitrogens is 2. The molecule has 25 heavy (non-hydrogen) atoms. The number of nitrogens with zero attached hydrogens (tertiary/aromatic N) is 2. The van der Waals surface area contributed by atoms with Crippen LogP contribution in [0.4, 0.5) is 0 Å². The first-order valence-corrected chi connectivity index (χ1v) is 9.94. The molecule has 0 aliphatic heterocycles. The fourth-order valence-electron chi connectivity index (χ4n) is 2.53. The molecule has 6 nitrogen and oxygen atoms in total. The lowest BCUT2D eigenvalue weighted by Crippen LogP contribution is -2.20. The predicted octanol–water partition coefficient (Wildman–Crippen LogP) is 4.12. The van der Waals surface area contributed by atoms with Gasteiger partial charge in [-0.1, -0.05) is 37.0 Å². The molecule has 1 heterocycles. The van der Waals surface area contributed by atoms with Gasteiger partial charge < -0.3 is 14.5 Å². The van der Waals surface area contributed by atoms with E-state index in [9.17, 15) is 8.42 Å². The topological polar surface area (TPSA) is 87.2 Å². The Morgan fingerprint density at radius 3 is 2.16 bits per heavy atom. The highest BCUT2D eigenvalue weighted by Crippen LogP contribution is 2.32. The van der Waals surface area contributed by atoms with Crippen molar-refractivity contribution >= 4 is 33.3 Å². The van der Waals surface area contributed by atoms with Gasteiger partial charge in [-0.05, 0) is 25.8 Å². The number of rotatable bonds is 6. The maximum absolute atomic E-state index is 13.0. The van der Waals surface area contributed by atoms with Crippen molar-refractivity contribution in [2.24, 2.45) is 5.73 Å². The van der Waals surface area contributed by atoms with Gasteiger partial charge in [0.1, 0.15) is 11.6 Å². The van der Waals surface area contributed by atoms with E-state index < -0.39 is 10.1 Å². The zero-order valence-electron chi connectivity index (χ0n) is 14.5. The smallest absolute Gasteiger partial charge is 0.357 e. The SMILES string of the molecule is CC(C)c1nc(CN)n(C(C)C)c1S(=O)(=O)Oc1cc(Cl)cc(Cl)c1. The standard InChI is InChI=1S/C16H21Cl2N3O3S/c1-9(2)15-16(21(10(3)4)14(8-19)20-15)25(22,23)24-13-6-11(17)5-12(18)7-13/h5-7,9-10H,8,19H2,1-4H3. The molecule has 0 aliphatic carbocycles. The first kappa shape index (κ1) is 20.0. The van der Waals surface area contributed by atoms with Crippen LogP contribution in [-0.2, 0) is 16.7 Å². The minimum absolute atomic E-state index is 0.00838. The molecule has 0 fully saturated rings. The van der Waals surface area contributed by atoms with Crippen molar-refractivity contribution in [1.82, 2.24) is 9.55 Å². The summed E-state index contributed by atoms with van der Waals surface area (Å²) in [4.78, 5) is 4.42. The van der Waals surface area contributed by atoms with Crippen LogP contribution in [0.25, 0.3) is 0 Å². The van der Waals surface area contributed by atoms with Crippen LogP contribution in [0.5, 0.6) is 5.75 Å². The van der Waals surface area contributed by atoms with Gasteiger partial charge in [-0.2, -0.15) is 8.42 Å². The van der Waals surface area contributed by atoms with Crippen LogP contribution in [0.3, 0.4) is 0 Å². The van der Waals surface area contributed by atoms with Crippen LogP contribution >= 0.6 is 23.2 Å². The number of hydrogen-bond donors (Lipinski definition) is 1. The molecule has 0 bridgehead atoms. The number of halogens is 2. The van der Waals surface area contributed by atoms with Gasteiger partial charge in [0.25, 0.3) is 0 Å². The van der Waals surface area contributed by atoms with Crippen molar-refractivity contribution < 1.29 is 12.6 Å². The first-order valence-electron chi connectivity index (χ1n) is 7.78. The second kappa shape index (κ2) is 7.53. The third-order valence-electron chi connectivity index (χ3n) is 3.49. The Hall–Kier alpha value is -1.28. The molecule has 9 heteroatoms. The van der Waals surface area contributed by atoms with Crippen molar-refractivity contribution in [3.05, 3.63) is 39.8 Å². The summed E-state index contributed by atoms with van der Waals surface area (Å²) in [6.07, 6.45) is 0. The van der Waals surface area contributed by atoms with E-state index in [2.05, 4.69) is 4.98 Å². The van der Waals surface area contributed by atoms with Crippen molar-refractivity contribution in [2.75, 3.05) is 0 Å². The van der Waals surface area contributed by atoms with Crippen LogP contribution in [0.1, 0.15) is 51.2 Å². The Morgan fingerprint density at radius 2 is 1.72 bits per heavy atom. The molecule has 0 saturated carbocycles. The van der Waals surface area contributed by atoms with Crippen LogP contribution < -0.4 is 9.92 Å². The average molecular weight is 406 g/mol. The fraction of sp³-hybridized carbons (Fsp3) is 0.438. The summed E-state index contributed by atoms with van der Waals surface area (Å²) in [5, 5.41) is 0.567. The second-order valence-electron chi connectivity index (χ2n) is 6.18. The highest BCUT2D eigenvalue weighted by molar-refractivity contribution is 7.87. The first-order chi connectivity index (χ1) is 11.6. The van der Waals surface area contributed by atoms with Crippen LogP contribution in [0.15, 0.2) is 23.2 Å². The Balaban J connectivity index is 2.63. The third-order valence-corrected chi connectivity index (χ3v) is 5.22. The summed E-state index contributed by atoms with van der Waals surface area (Å²) in [6, 6.07) is 4.11. The number of nitrogens with two attached hydrogens (primary N) is 1. The van der Waals surface area contributed by atoms with E-state index in [-0.39, 0.29) is 39.3 Å². The quantitative estimate of drug-likeness (QED) is 0.730. The molecular weight excluding hydrogens is 385 g/mol. The molecule has 0 saturated heterocycles. The minimum Gasteiger partial charge on any atom is -0.378 e. The highest BCUT2D eigenvalue weighted by Gasteiger charge is 2.32. The van der Waals surface area contributed by atoms with Crippen LogP contribution in [0, 0.1) is 0 Å². The lowest BCUT2D eigenvalue weighted by Gasteiger charge is -2.17. The van der Waals surface area contributed by atoms with Gasteiger partial charge in [0.2, 0.25) is 0 Å². The zero-order valence-corrected chi connectivity index (χ0v) is 16.8. The van der Waals surface area contributed by atoms with E-state index in [4.69, 9.17) is 33.1 Å². The van der Waals surface area contributed by atoms with E-state index in [1.807, 2.05) is 27.7 Å². The van der Waals surface area contributed by atoms with Gasteiger partial charge in [0.05, 0.1) is 12.2 Å². The maximum Gasteiger partial charge on any atom is 0.357 e. The Bertz CT molecular complexity index is 857. The summed E-state index contributed by atoms with van der Waals surface area (Å²) in [5.41, 5.74) is 6.17. The minimum atomic E-state index is -4.16. The van der Waals surface area contributed by atoms with Gasteiger partial charge in [-0.3, -0.25) is 0 Å². The summed E-state index contributed by atoms with van der Waals surface area (Å²) in [5.74, 6) is 0.407. The lowest BCUT2D eigenvalue weighted by atomic mass is 10.1. The summed E-state index contributed by atoms with van der Waals surface area (Å²) < 4.78 is 32.9. The molecular formula is C16H21Cl2N3O3S. The Morgan fingerprint density at radius 1 is 1.16 bits per heavy atom. The zero-order chi connectivity index (χ0) is 18.9. The van der Waals surface area contributed by atoms with Crippen molar-refractivity contribution in [2.45, 2.75) is 51.2 Å². The normalized spacial score (nSPS) is 12.2. The van der Waals surface area contributed by atoms with Crippen molar-refractivity contribution in [1.29, 1.82) is 0 Å². The second-order valence-corrected chi connectivity index (χ2v) is 8.52. The van der Waals surface area contributed by atoms with E-state index in [1.54, 1.807) is 4.57 Å². The largest absolute Gasteiger partial charge is 0.378 e. The van der Waals surface area contributed by atoms with Crippen molar-refractivity contribution in [3.8, 4) is 5.75 Å². The summed E-state index contributed by atoms with van der Waals surface area (Å²) >= 11 is 11.8. The van der Waals surface area contributed by atoms with Crippen LogP contribution in [0.2, 0.25) is 10.0 Å². The van der Waals surface area contributed by atoms with E-state index in [0.29, 0.717) is 11.5 Å². The van der Waals surface area contributed by atoms with Gasteiger partial charge in [0, 0.05) is 28.2 Å². The molecule has 138 valence electrons. The molecule has 0 radical (unpaired) electrons. The van der Waals surface area contributed by atoms with Crippen molar-refractivity contribution in [3.63, 3.8) is 0 Å². The third kappa shape index (κ3) is 4.28. The lowest BCUT2D eigenvalue weighted by molar-refractivity contribution is 0.453. The molecule has 0 atom stereocenters. The van der Waals surface area contributed by atoms with Gasteiger partial charge in [-0.25, -0.2) is 4.98 Å². The number of benzene rings is 1. The number of imidazole rings is 1. The molecule has 0 unspecified atom stereocenters. The molecule has 0 amide bonds. The van der Waals surface area contributed by atoms with Crippen LogP contribution in [-0.4, -0.2) is 18.0 Å². The number of hydrogen-bond acceptors (Lipinski definition) is 5. The molecule has 1 aromatic carbocycles. The van der Waals surface area contributed by atoms with E-state index in [1.165, 1.54) is 18.2 Å². The fourth-order valence-corrected chi connectivity index (χ4v) is 4.55. The van der Waals surface area contributed by atoms with Gasteiger partial charge in [-0.15, -0.1) is 0 Å². The van der Waals surface area contributed by atoms with E-state index >= 15 is 0 Å². The molecule has 2 rings (SSSR count). The Kier molecular flexibility index (Phi) is 6.04. The molecule has 2 N–H and O–H groups in total. The van der Waals surface area contributed by atoms with Gasteiger partial charge >= 0.3 is 10.1 Å². The highest BCUT2D eigenvalue weighted by atomic mass is 35.5.